The van der Waals surface area contributed by atoms with E-state index in [1.54, 1.807) is 0 Å². The van der Waals surface area contributed by atoms with Gasteiger partial charge in [-0.15, -0.1) is 0 Å². The molecule has 0 bridgehead atoms. The van der Waals surface area contributed by atoms with Crippen molar-refractivity contribution in [3.8, 4) is 0 Å². The second kappa shape index (κ2) is 8.02. The van der Waals surface area contributed by atoms with Crippen LogP contribution in [0, 0.1) is 19.8 Å². The van der Waals surface area contributed by atoms with Crippen LogP contribution in [0.15, 0.2) is 5.16 Å². The third-order valence-electron chi connectivity index (χ3n) is 3.87. The minimum Gasteiger partial charge on any atom is -0.376 e. The highest BCUT2D eigenvalue weighted by atomic mass is 32.2. The number of aromatic nitrogens is 2. The molecule has 1 fully saturated rings. The van der Waals surface area contributed by atoms with E-state index in [-0.39, 0.29) is 12.0 Å². The Balaban J connectivity index is 1.94. The average molecular weight is 325 g/mol. The number of nitrogens with zero attached hydrogens (tertiary/aromatic N) is 2. The number of nitrogens with one attached hydrogen (secondary N) is 1. The Morgan fingerprint density at radius 2 is 2.27 bits per heavy atom. The van der Waals surface area contributed by atoms with Crippen molar-refractivity contribution >= 4 is 17.7 Å². The van der Waals surface area contributed by atoms with Crippen LogP contribution in [0.4, 0.5) is 0 Å². The van der Waals surface area contributed by atoms with Crippen molar-refractivity contribution < 1.29 is 9.53 Å². The molecule has 0 saturated carbocycles. The molecule has 22 heavy (non-hydrogen) atoms. The number of imidazole rings is 1. The molecule has 1 atom stereocenters. The number of ether oxygens (including phenoxy) is 1. The molecule has 2 rings (SSSR count). The molecule has 1 aromatic rings. The number of thioether (sulfide) groups is 1. The molecule has 1 amide bonds. The lowest BCUT2D eigenvalue weighted by molar-refractivity contribution is -0.118. The Labute approximate surface area is 137 Å². The first-order chi connectivity index (χ1) is 10.5. The van der Waals surface area contributed by atoms with Gasteiger partial charge in [-0.25, -0.2) is 4.98 Å². The van der Waals surface area contributed by atoms with Crippen molar-refractivity contribution in [1.29, 1.82) is 0 Å². The summed E-state index contributed by atoms with van der Waals surface area (Å²) >= 11 is 1.51. The molecule has 6 heteroatoms. The Morgan fingerprint density at radius 3 is 2.91 bits per heavy atom. The van der Waals surface area contributed by atoms with Crippen LogP contribution in [-0.2, 0) is 16.1 Å². The van der Waals surface area contributed by atoms with Gasteiger partial charge in [-0.3, -0.25) is 4.79 Å². The molecule has 1 N–H and O–H groups in total. The summed E-state index contributed by atoms with van der Waals surface area (Å²) in [6.45, 7) is 10.7. The molecule has 2 heterocycles. The molecule has 1 aromatic heterocycles. The SMILES string of the molecule is Cc1nc(SCC(=O)NCC(C)C)n(CC2CCCO2)c1C. The number of hydrogen-bond acceptors (Lipinski definition) is 4. The van der Waals surface area contributed by atoms with Crippen molar-refractivity contribution in [2.24, 2.45) is 5.92 Å². The first-order valence-corrected chi connectivity index (χ1v) is 9.00. The van der Waals surface area contributed by atoms with Gasteiger partial charge in [0.05, 0.1) is 24.1 Å². The number of carbonyl (C=O) groups excluding carboxylic acids is 1. The smallest absolute Gasteiger partial charge is 0.230 e. The average Bonchev–Trinajstić information content (AvgIpc) is 3.07. The summed E-state index contributed by atoms with van der Waals surface area (Å²) in [4.78, 5) is 16.5. The van der Waals surface area contributed by atoms with Gasteiger partial charge in [0, 0.05) is 18.8 Å². The predicted molar refractivity (Wildman–Crippen MR) is 89.2 cm³/mol. The van der Waals surface area contributed by atoms with Crippen molar-refractivity contribution in [3.05, 3.63) is 11.4 Å². The van der Waals surface area contributed by atoms with E-state index in [4.69, 9.17) is 4.74 Å². The van der Waals surface area contributed by atoms with Gasteiger partial charge in [0.1, 0.15) is 0 Å². The van der Waals surface area contributed by atoms with Crippen LogP contribution in [0.1, 0.15) is 38.1 Å². The Hall–Kier alpha value is -1.01. The van der Waals surface area contributed by atoms with E-state index in [0.717, 1.165) is 43.4 Å². The van der Waals surface area contributed by atoms with Gasteiger partial charge in [-0.2, -0.15) is 0 Å². The Kier molecular flexibility index (Phi) is 6.32. The molecule has 124 valence electrons. The summed E-state index contributed by atoms with van der Waals surface area (Å²) in [5.41, 5.74) is 2.20. The van der Waals surface area contributed by atoms with Gasteiger partial charge in [0.2, 0.25) is 5.91 Å². The summed E-state index contributed by atoms with van der Waals surface area (Å²) in [5, 5.41) is 3.87. The number of aryl methyl sites for hydroxylation is 1. The van der Waals surface area contributed by atoms with Crippen LogP contribution in [0.25, 0.3) is 0 Å². The fourth-order valence-corrected chi connectivity index (χ4v) is 3.37. The molecule has 0 radical (unpaired) electrons. The van der Waals surface area contributed by atoms with Crippen LogP contribution in [0.3, 0.4) is 0 Å². The van der Waals surface area contributed by atoms with Crippen molar-refractivity contribution in [2.75, 3.05) is 18.9 Å². The van der Waals surface area contributed by atoms with Gasteiger partial charge in [0.15, 0.2) is 5.16 Å². The molecule has 5 nitrogen and oxygen atoms in total. The number of amides is 1. The highest BCUT2D eigenvalue weighted by Gasteiger charge is 2.20. The summed E-state index contributed by atoms with van der Waals surface area (Å²) in [7, 11) is 0. The van der Waals surface area contributed by atoms with Crippen LogP contribution in [0.5, 0.6) is 0 Å². The summed E-state index contributed by atoms with van der Waals surface area (Å²) < 4.78 is 7.93. The first kappa shape index (κ1) is 17.3. The van der Waals surface area contributed by atoms with E-state index in [1.165, 1.54) is 17.5 Å². The minimum atomic E-state index is 0.0701. The van der Waals surface area contributed by atoms with E-state index in [2.05, 4.69) is 35.6 Å². The zero-order chi connectivity index (χ0) is 16.1. The second-order valence-electron chi connectivity index (χ2n) is 6.30. The molecule has 1 aliphatic rings. The van der Waals surface area contributed by atoms with Crippen molar-refractivity contribution in [3.63, 3.8) is 0 Å². The third-order valence-corrected chi connectivity index (χ3v) is 4.85. The lowest BCUT2D eigenvalue weighted by Crippen LogP contribution is -2.29. The van der Waals surface area contributed by atoms with Gasteiger partial charge in [-0.05, 0) is 32.6 Å². The third kappa shape index (κ3) is 4.74. The molecule has 0 aliphatic carbocycles. The number of rotatable bonds is 7. The maximum atomic E-state index is 11.9. The quantitative estimate of drug-likeness (QED) is 0.783. The molecular formula is C16H27N3O2S. The second-order valence-corrected chi connectivity index (χ2v) is 7.24. The lowest BCUT2D eigenvalue weighted by atomic mass is 10.2. The van der Waals surface area contributed by atoms with E-state index < -0.39 is 0 Å². The van der Waals surface area contributed by atoms with Gasteiger partial charge in [-0.1, -0.05) is 25.6 Å². The summed E-state index contributed by atoms with van der Waals surface area (Å²) in [5.74, 6) is 0.953. The topological polar surface area (TPSA) is 56.2 Å². The zero-order valence-electron chi connectivity index (χ0n) is 14.0. The summed E-state index contributed by atoms with van der Waals surface area (Å²) in [6.07, 6.45) is 2.52. The van der Waals surface area contributed by atoms with Gasteiger partial charge in [0.25, 0.3) is 0 Å². The van der Waals surface area contributed by atoms with Crippen LogP contribution in [0.2, 0.25) is 0 Å². The zero-order valence-corrected chi connectivity index (χ0v) is 14.8. The van der Waals surface area contributed by atoms with Crippen LogP contribution < -0.4 is 5.32 Å². The van der Waals surface area contributed by atoms with E-state index in [0.29, 0.717) is 11.7 Å². The highest BCUT2D eigenvalue weighted by molar-refractivity contribution is 7.99. The van der Waals surface area contributed by atoms with E-state index in [1.807, 2.05) is 6.92 Å². The highest BCUT2D eigenvalue weighted by Crippen LogP contribution is 2.24. The van der Waals surface area contributed by atoms with Crippen LogP contribution in [-0.4, -0.2) is 40.5 Å². The van der Waals surface area contributed by atoms with Crippen molar-refractivity contribution in [1.82, 2.24) is 14.9 Å². The molecule has 0 spiro atoms. The van der Waals surface area contributed by atoms with Crippen molar-refractivity contribution in [2.45, 2.75) is 58.3 Å². The van der Waals surface area contributed by atoms with Crippen LogP contribution >= 0.6 is 11.8 Å². The van der Waals surface area contributed by atoms with Gasteiger partial charge < -0.3 is 14.6 Å². The maximum absolute atomic E-state index is 11.9. The molecule has 1 saturated heterocycles. The molecular weight excluding hydrogens is 298 g/mol. The lowest BCUT2D eigenvalue weighted by Gasteiger charge is -2.14. The largest absolute Gasteiger partial charge is 0.376 e. The Morgan fingerprint density at radius 1 is 1.50 bits per heavy atom. The van der Waals surface area contributed by atoms with Gasteiger partial charge >= 0.3 is 0 Å². The standard InChI is InChI=1S/C16H27N3O2S/c1-11(2)8-17-15(20)10-22-16-18-12(3)13(4)19(16)9-14-6-5-7-21-14/h11,14H,5-10H2,1-4H3,(H,17,20). The maximum Gasteiger partial charge on any atom is 0.230 e. The monoisotopic (exact) mass is 325 g/mol. The van der Waals surface area contributed by atoms with E-state index >= 15 is 0 Å². The summed E-state index contributed by atoms with van der Waals surface area (Å²) in [6, 6.07) is 0. The number of carbonyl (C=O) groups is 1. The molecule has 1 aliphatic heterocycles. The Bertz CT molecular complexity index is 508. The number of hydrogen-bond donors (Lipinski definition) is 1. The fourth-order valence-electron chi connectivity index (χ4n) is 2.44. The predicted octanol–water partition coefficient (Wildman–Crippen LogP) is 2.54. The minimum absolute atomic E-state index is 0.0701. The normalized spacial score (nSPS) is 18.1. The van der Waals surface area contributed by atoms with E-state index in [9.17, 15) is 4.79 Å². The fraction of sp³-hybridized carbons (Fsp3) is 0.750. The molecule has 1 unspecified atom stereocenters. The first-order valence-electron chi connectivity index (χ1n) is 8.02. The molecule has 0 aromatic carbocycles.